The molecule has 1 aromatic heterocycles. The number of hydrogen-bond acceptors (Lipinski definition) is 5. The number of esters is 1. The summed E-state index contributed by atoms with van der Waals surface area (Å²) in [4.78, 5) is 15.7. The van der Waals surface area contributed by atoms with Crippen molar-refractivity contribution in [2.24, 2.45) is 5.84 Å². The van der Waals surface area contributed by atoms with Gasteiger partial charge in [0.25, 0.3) is 0 Å². The smallest absolute Gasteiger partial charge is 0.358 e. The second-order valence-electron chi connectivity index (χ2n) is 3.30. The number of nitrogens with zero attached hydrogens (tertiary/aromatic N) is 2. The van der Waals surface area contributed by atoms with E-state index in [0.29, 0.717) is 5.69 Å². The number of aryl methyl sites for hydroxylation is 1. The second kappa shape index (κ2) is 5.81. The van der Waals surface area contributed by atoms with E-state index in [4.69, 9.17) is 5.84 Å². The minimum Gasteiger partial charge on any atom is -0.464 e. The molecule has 1 rings (SSSR count). The minimum absolute atomic E-state index is 0.184. The highest BCUT2D eigenvalue weighted by Crippen LogP contribution is 2.18. The first-order chi connectivity index (χ1) is 8.10. The fourth-order valence-corrected chi connectivity index (χ4v) is 1.24. The Bertz CT molecular complexity index is 455. The van der Waals surface area contributed by atoms with E-state index >= 15 is 0 Å². The quantitative estimate of drug-likeness (QED) is 0.370. The van der Waals surface area contributed by atoms with Gasteiger partial charge in [0.2, 0.25) is 0 Å². The Morgan fingerprint density at radius 3 is 2.88 bits per heavy atom. The normalized spacial score (nSPS) is 10.3. The van der Waals surface area contributed by atoms with Crippen LogP contribution in [0.4, 0.5) is 5.69 Å². The molecule has 0 spiro atoms. The van der Waals surface area contributed by atoms with Gasteiger partial charge in [0.1, 0.15) is 0 Å². The molecule has 0 aliphatic rings. The highest BCUT2D eigenvalue weighted by atomic mass is 16.5. The topological polar surface area (TPSA) is 68.5 Å². The fourth-order valence-electron chi connectivity index (χ4n) is 1.24. The van der Waals surface area contributed by atoms with Crippen molar-refractivity contribution >= 4 is 11.7 Å². The molecule has 0 saturated carbocycles. The maximum Gasteiger partial charge on any atom is 0.358 e. The minimum atomic E-state index is -0.522. The Kier molecular flexibility index (Phi) is 4.42. The van der Waals surface area contributed by atoms with Crippen molar-refractivity contribution in [3.05, 3.63) is 48.5 Å². The van der Waals surface area contributed by atoms with Gasteiger partial charge < -0.3 is 4.74 Å². The molecule has 90 valence electrons. The van der Waals surface area contributed by atoms with Crippen LogP contribution in [0.5, 0.6) is 0 Å². The number of hydrogen-bond donors (Lipinski definition) is 1. The molecule has 17 heavy (non-hydrogen) atoms. The van der Waals surface area contributed by atoms with Crippen molar-refractivity contribution in [3.63, 3.8) is 0 Å². The first kappa shape index (κ1) is 12.9. The summed E-state index contributed by atoms with van der Waals surface area (Å²) in [7, 11) is 1.30. The summed E-state index contributed by atoms with van der Waals surface area (Å²) in [5.41, 5.74) is 1.37. The molecule has 0 aromatic carbocycles. The molecule has 0 aliphatic carbocycles. The van der Waals surface area contributed by atoms with Crippen LogP contribution >= 0.6 is 0 Å². The number of hydrazine groups is 1. The monoisotopic (exact) mass is 233 g/mol. The Labute approximate surface area is 100 Å². The Balaban J connectivity index is 3.18. The number of anilines is 1. The summed E-state index contributed by atoms with van der Waals surface area (Å²) in [5, 5.41) is 1.29. The average Bonchev–Trinajstić information content (AvgIpc) is 2.34. The van der Waals surface area contributed by atoms with E-state index in [2.05, 4.69) is 16.3 Å². The highest BCUT2D eigenvalue weighted by molar-refractivity contribution is 5.93. The van der Waals surface area contributed by atoms with Crippen molar-refractivity contribution < 1.29 is 9.53 Å². The summed E-state index contributed by atoms with van der Waals surface area (Å²) in [6.07, 6.45) is 4.81. The molecular formula is C12H15N3O2. The largest absolute Gasteiger partial charge is 0.464 e. The van der Waals surface area contributed by atoms with Gasteiger partial charge in [-0.2, -0.15) is 0 Å². The predicted molar refractivity (Wildman–Crippen MR) is 66.3 cm³/mol. The van der Waals surface area contributed by atoms with Gasteiger partial charge in [-0.1, -0.05) is 12.7 Å². The number of carbonyl (C=O) groups excluding carboxylic acids is 1. The molecular weight excluding hydrogens is 218 g/mol. The van der Waals surface area contributed by atoms with Crippen LogP contribution in [0.2, 0.25) is 0 Å². The third-order valence-corrected chi connectivity index (χ3v) is 2.05. The van der Waals surface area contributed by atoms with Crippen molar-refractivity contribution in [1.29, 1.82) is 0 Å². The van der Waals surface area contributed by atoms with Gasteiger partial charge in [0.15, 0.2) is 5.69 Å². The van der Waals surface area contributed by atoms with Crippen LogP contribution in [0.25, 0.3) is 0 Å². The summed E-state index contributed by atoms with van der Waals surface area (Å²) in [5.74, 6) is 5.25. The first-order valence-electron chi connectivity index (χ1n) is 4.99. The lowest BCUT2D eigenvalue weighted by molar-refractivity contribution is 0.0594. The molecule has 0 fully saturated rings. The van der Waals surface area contributed by atoms with Gasteiger partial charge in [-0.15, -0.1) is 0 Å². The standard InChI is InChI=1S/C12H15N3O2/c1-4-5-8-15(13)10-7-6-9(2)14-11(10)12(16)17-3/h4-8H,1,13H2,2-3H3/b8-5-. The predicted octanol–water partition coefficient (Wildman–Crippen LogP) is 1.56. The zero-order chi connectivity index (χ0) is 12.8. The summed E-state index contributed by atoms with van der Waals surface area (Å²) in [6, 6.07) is 3.48. The van der Waals surface area contributed by atoms with E-state index in [1.165, 1.54) is 12.1 Å². The SMILES string of the molecule is C=C/C=C\N(N)c1ccc(C)nc1C(=O)OC. The molecule has 0 radical (unpaired) electrons. The van der Waals surface area contributed by atoms with E-state index < -0.39 is 5.97 Å². The molecule has 5 heteroatoms. The molecule has 0 saturated heterocycles. The fraction of sp³-hybridized carbons (Fsp3) is 0.167. The number of aromatic nitrogens is 1. The number of nitrogens with two attached hydrogens (primary N) is 1. The Morgan fingerprint density at radius 2 is 2.29 bits per heavy atom. The number of rotatable bonds is 4. The van der Waals surface area contributed by atoms with Crippen molar-refractivity contribution in [2.75, 3.05) is 12.1 Å². The van der Waals surface area contributed by atoms with E-state index in [1.54, 1.807) is 37.4 Å². The second-order valence-corrected chi connectivity index (χ2v) is 3.30. The van der Waals surface area contributed by atoms with E-state index in [9.17, 15) is 4.79 Å². The Hall–Kier alpha value is -2.14. The molecule has 0 unspecified atom stereocenters. The maximum absolute atomic E-state index is 11.6. The molecule has 0 bridgehead atoms. The number of carbonyl (C=O) groups is 1. The third-order valence-electron chi connectivity index (χ3n) is 2.05. The van der Waals surface area contributed by atoms with Crippen molar-refractivity contribution in [3.8, 4) is 0 Å². The van der Waals surface area contributed by atoms with Crippen LogP contribution in [0.1, 0.15) is 16.2 Å². The van der Waals surface area contributed by atoms with Crippen LogP contribution in [-0.2, 0) is 4.74 Å². The van der Waals surface area contributed by atoms with Crippen LogP contribution < -0.4 is 10.9 Å². The number of methoxy groups -OCH3 is 1. The summed E-state index contributed by atoms with van der Waals surface area (Å²) in [6.45, 7) is 5.33. The lowest BCUT2D eigenvalue weighted by Crippen LogP contribution is -2.27. The van der Waals surface area contributed by atoms with Crippen LogP contribution in [-0.4, -0.2) is 18.1 Å². The van der Waals surface area contributed by atoms with Crippen LogP contribution in [0.3, 0.4) is 0 Å². The highest BCUT2D eigenvalue weighted by Gasteiger charge is 2.16. The van der Waals surface area contributed by atoms with E-state index in [1.807, 2.05) is 0 Å². The molecule has 0 atom stereocenters. The average molecular weight is 233 g/mol. The molecule has 1 heterocycles. The number of allylic oxidation sites excluding steroid dienone is 2. The zero-order valence-electron chi connectivity index (χ0n) is 9.88. The van der Waals surface area contributed by atoms with Crippen LogP contribution in [0, 0.1) is 6.92 Å². The van der Waals surface area contributed by atoms with E-state index in [0.717, 1.165) is 5.69 Å². The van der Waals surface area contributed by atoms with Crippen LogP contribution in [0.15, 0.2) is 37.1 Å². The zero-order valence-corrected chi connectivity index (χ0v) is 9.88. The lowest BCUT2D eigenvalue weighted by Gasteiger charge is -2.16. The molecule has 0 aliphatic heterocycles. The molecule has 1 aromatic rings. The van der Waals surface area contributed by atoms with Crippen molar-refractivity contribution in [2.45, 2.75) is 6.92 Å². The number of pyridine rings is 1. The van der Waals surface area contributed by atoms with Crippen molar-refractivity contribution in [1.82, 2.24) is 4.98 Å². The third kappa shape index (κ3) is 3.15. The summed E-state index contributed by atoms with van der Waals surface area (Å²) < 4.78 is 4.66. The van der Waals surface area contributed by atoms with Gasteiger partial charge in [0.05, 0.1) is 12.8 Å². The molecule has 2 N–H and O–H groups in total. The molecule has 5 nitrogen and oxygen atoms in total. The van der Waals surface area contributed by atoms with Gasteiger partial charge in [0, 0.05) is 11.9 Å². The van der Waals surface area contributed by atoms with Gasteiger partial charge in [-0.3, -0.25) is 5.01 Å². The first-order valence-corrected chi connectivity index (χ1v) is 4.99. The van der Waals surface area contributed by atoms with Gasteiger partial charge in [-0.25, -0.2) is 15.6 Å². The lowest BCUT2D eigenvalue weighted by atomic mass is 10.2. The van der Waals surface area contributed by atoms with E-state index in [-0.39, 0.29) is 5.69 Å². The maximum atomic E-state index is 11.6. The van der Waals surface area contributed by atoms with Gasteiger partial charge in [-0.05, 0) is 25.1 Å². The van der Waals surface area contributed by atoms with Gasteiger partial charge >= 0.3 is 5.97 Å². The summed E-state index contributed by atoms with van der Waals surface area (Å²) >= 11 is 0. The molecule has 0 amide bonds. The number of ether oxygens (including phenoxy) is 1. The Morgan fingerprint density at radius 1 is 1.59 bits per heavy atom.